The van der Waals surface area contributed by atoms with E-state index in [1.54, 1.807) is 6.92 Å². The second kappa shape index (κ2) is 7.05. The highest BCUT2D eigenvalue weighted by atomic mass is 35.5. The lowest BCUT2D eigenvalue weighted by molar-refractivity contribution is 0.0317. The summed E-state index contributed by atoms with van der Waals surface area (Å²) in [7, 11) is 3.77. The van der Waals surface area contributed by atoms with Gasteiger partial charge in [0, 0.05) is 29.7 Å². The maximum atomic E-state index is 13.5. The minimum Gasteiger partial charge on any atom is -0.388 e. The van der Waals surface area contributed by atoms with Gasteiger partial charge in [-0.2, -0.15) is 0 Å². The minimum atomic E-state index is -0.899. The Balaban J connectivity index is 2.78. The van der Waals surface area contributed by atoms with Gasteiger partial charge in [0.25, 0.3) is 0 Å². The lowest BCUT2D eigenvalue weighted by Gasteiger charge is -2.29. The van der Waals surface area contributed by atoms with E-state index in [-0.39, 0.29) is 11.1 Å². The van der Waals surface area contributed by atoms with Crippen LogP contribution in [-0.2, 0) is 0 Å². The summed E-state index contributed by atoms with van der Waals surface area (Å²) in [6, 6.07) is 2.46. The molecule has 2 unspecified atom stereocenters. The Hall–Kier alpha value is -0.390. The molecule has 1 aromatic carbocycles. The molecule has 0 heterocycles. The maximum Gasteiger partial charge on any atom is 0.142 e. The Labute approximate surface area is 129 Å². The molecule has 114 valence electrons. The van der Waals surface area contributed by atoms with Gasteiger partial charge in [0.05, 0.1) is 10.6 Å². The van der Waals surface area contributed by atoms with Crippen LogP contribution in [0.2, 0.25) is 10.0 Å². The van der Waals surface area contributed by atoms with E-state index in [0.717, 1.165) is 0 Å². The number of aliphatic hydroxyl groups is 1. The fraction of sp³-hybridized carbons (Fsp3) is 0.571. The Morgan fingerprint density at radius 1 is 1.40 bits per heavy atom. The van der Waals surface area contributed by atoms with Crippen LogP contribution < -0.4 is 5.32 Å². The standard InChI is InChI=1S/C14H21Cl2FN2O/c1-9(18-7-14(2,20)8-19(3)4)12-10(15)5-6-11(17)13(12)16/h5-6,9,18,20H,7-8H2,1-4H3. The molecule has 1 rings (SSSR count). The predicted molar refractivity (Wildman–Crippen MR) is 82.0 cm³/mol. The van der Waals surface area contributed by atoms with Crippen LogP contribution in [0, 0.1) is 5.82 Å². The van der Waals surface area contributed by atoms with Crippen molar-refractivity contribution in [1.29, 1.82) is 0 Å². The Kier molecular flexibility index (Phi) is 6.23. The molecular formula is C14H21Cl2FN2O. The Morgan fingerprint density at radius 3 is 2.55 bits per heavy atom. The SMILES string of the molecule is CC(NCC(C)(O)CN(C)C)c1c(Cl)ccc(F)c1Cl. The highest BCUT2D eigenvalue weighted by Gasteiger charge is 2.24. The fourth-order valence-electron chi connectivity index (χ4n) is 2.15. The monoisotopic (exact) mass is 322 g/mol. The van der Waals surface area contributed by atoms with E-state index in [1.807, 2.05) is 25.9 Å². The van der Waals surface area contributed by atoms with Crippen LogP contribution in [0.15, 0.2) is 12.1 Å². The van der Waals surface area contributed by atoms with E-state index in [4.69, 9.17) is 23.2 Å². The number of benzene rings is 1. The molecule has 0 fully saturated rings. The molecule has 20 heavy (non-hydrogen) atoms. The van der Waals surface area contributed by atoms with Crippen LogP contribution in [0.4, 0.5) is 4.39 Å². The third kappa shape index (κ3) is 4.86. The average molecular weight is 323 g/mol. The molecule has 0 radical (unpaired) electrons. The highest BCUT2D eigenvalue weighted by molar-refractivity contribution is 6.36. The minimum absolute atomic E-state index is 0.0183. The molecule has 0 aromatic heterocycles. The first-order chi connectivity index (χ1) is 9.14. The Morgan fingerprint density at radius 2 is 2.00 bits per heavy atom. The Bertz CT molecular complexity index is 467. The summed E-state index contributed by atoms with van der Waals surface area (Å²) in [4.78, 5) is 1.90. The van der Waals surface area contributed by atoms with Crippen molar-refractivity contribution in [2.75, 3.05) is 27.2 Å². The summed E-state index contributed by atoms with van der Waals surface area (Å²) in [5.74, 6) is -0.500. The van der Waals surface area contributed by atoms with Crippen molar-refractivity contribution in [2.24, 2.45) is 0 Å². The lowest BCUT2D eigenvalue weighted by atomic mass is 10.0. The normalized spacial score (nSPS) is 16.2. The maximum absolute atomic E-state index is 13.5. The third-order valence-corrected chi connectivity index (χ3v) is 3.67. The van der Waals surface area contributed by atoms with Crippen molar-refractivity contribution in [1.82, 2.24) is 10.2 Å². The van der Waals surface area contributed by atoms with Gasteiger partial charge in [-0.25, -0.2) is 4.39 Å². The van der Waals surface area contributed by atoms with E-state index in [1.165, 1.54) is 12.1 Å². The molecule has 1 aromatic rings. The second-order valence-corrected chi connectivity index (χ2v) is 6.38. The molecule has 0 amide bonds. The summed E-state index contributed by atoms with van der Waals surface area (Å²) in [5, 5.41) is 13.8. The highest BCUT2D eigenvalue weighted by Crippen LogP contribution is 2.32. The van der Waals surface area contributed by atoms with Gasteiger partial charge < -0.3 is 15.3 Å². The van der Waals surface area contributed by atoms with Gasteiger partial charge in [0.2, 0.25) is 0 Å². The molecule has 0 aliphatic rings. The summed E-state index contributed by atoms with van der Waals surface area (Å²) >= 11 is 12.0. The molecule has 0 bridgehead atoms. The summed E-state index contributed by atoms with van der Waals surface area (Å²) in [6.45, 7) is 4.42. The van der Waals surface area contributed by atoms with Gasteiger partial charge in [-0.3, -0.25) is 0 Å². The molecule has 6 heteroatoms. The average Bonchev–Trinajstić information content (AvgIpc) is 2.30. The first-order valence-electron chi connectivity index (χ1n) is 6.38. The summed E-state index contributed by atoms with van der Waals surface area (Å²) in [6.07, 6.45) is 0. The van der Waals surface area contributed by atoms with Crippen LogP contribution >= 0.6 is 23.2 Å². The molecule has 0 saturated heterocycles. The summed E-state index contributed by atoms with van der Waals surface area (Å²) < 4.78 is 13.5. The first-order valence-corrected chi connectivity index (χ1v) is 7.13. The largest absolute Gasteiger partial charge is 0.388 e. The van der Waals surface area contributed by atoms with Crippen LogP contribution in [-0.4, -0.2) is 42.8 Å². The number of rotatable bonds is 6. The van der Waals surface area contributed by atoms with Crippen molar-refractivity contribution in [3.63, 3.8) is 0 Å². The molecule has 0 aliphatic carbocycles. The quantitative estimate of drug-likeness (QED) is 0.790. The number of nitrogens with zero attached hydrogens (tertiary/aromatic N) is 1. The van der Waals surface area contributed by atoms with Crippen LogP contribution in [0.5, 0.6) is 0 Å². The molecule has 0 saturated carbocycles. The van der Waals surface area contributed by atoms with Gasteiger partial charge in [0.1, 0.15) is 5.82 Å². The number of hydrogen-bond donors (Lipinski definition) is 2. The van der Waals surface area contributed by atoms with E-state index >= 15 is 0 Å². The van der Waals surface area contributed by atoms with Gasteiger partial charge in [-0.1, -0.05) is 23.2 Å². The molecule has 2 N–H and O–H groups in total. The van der Waals surface area contributed by atoms with E-state index in [2.05, 4.69) is 5.32 Å². The molecule has 3 nitrogen and oxygen atoms in total. The van der Waals surface area contributed by atoms with Gasteiger partial charge >= 0.3 is 0 Å². The number of likely N-dealkylation sites (N-methyl/N-ethyl adjacent to an activating group) is 1. The summed E-state index contributed by atoms with van der Waals surface area (Å²) in [5.41, 5.74) is -0.390. The van der Waals surface area contributed by atoms with Gasteiger partial charge in [-0.15, -0.1) is 0 Å². The topological polar surface area (TPSA) is 35.5 Å². The number of nitrogens with one attached hydrogen (secondary N) is 1. The zero-order valence-electron chi connectivity index (χ0n) is 12.2. The predicted octanol–water partition coefficient (Wildman–Crippen LogP) is 3.10. The molecule has 2 atom stereocenters. The van der Waals surface area contributed by atoms with E-state index < -0.39 is 11.4 Å². The van der Waals surface area contributed by atoms with E-state index in [0.29, 0.717) is 23.7 Å². The molecule has 0 spiro atoms. The first kappa shape index (κ1) is 17.7. The molecular weight excluding hydrogens is 302 g/mol. The van der Waals surface area contributed by atoms with Crippen molar-refractivity contribution < 1.29 is 9.50 Å². The number of halogens is 3. The smallest absolute Gasteiger partial charge is 0.142 e. The molecule has 0 aliphatic heterocycles. The van der Waals surface area contributed by atoms with Crippen LogP contribution in [0.3, 0.4) is 0 Å². The zero-order chi connectivity index (χ0) is 15.5. The fourth-order valence-corrected chi connectivity index (χ4v) is 2.85. The van der Waals surface area contributed by atoms with Crippen LogP contribution in [0.25, 0.3) is 0 Å². The van der Waals surface area contributed by atoms with Crippen LogP contribution in [0.1, 0.15) is 25.5 Å². The van der Waals surface area contributed by atoms with Crippen molar-refractivity contribution in [2.45, 2.75) is 25.5 Å². The van der Waals surface area contributed by atoms with Gasteiger partial charge in [-0.05, 0) is 40.1 Å². The second-order valence-electron chi connectivity index (χ2n) is 5.59. The number of hydrogen-bond acceptors (Lipinski definition) is 3. The van der Waals surface area contributed by atoms with Crippen molar-refractivity contribution in [3.05, 3.63) is 33.6 Å². The lowest BCUT2D eigenvalue weighted by Crippen LogP contribution is -2.46. The van der Waals surface area contributed by atoms with Gasteiger partial charge in [0.15, 0.2) is 0 Å². The third-order valence-electron chi connectivity index (χ3n) is 2.96. The van der Waals surface area contributed by atoms with E-state index in [9.17, 15) is 9.50 Å². The van der Waals surface area contributed by atoms with Crippen molar-refractivity contribution >= 4 is 23.2 Å². The zero-order valence-corrected chi connectivity index (χ0v) is 13.7. The van der Waals surface area contributed by atoms with Crippen molar-refractivity contribution in [3.8, 4) is 0 Å².